The number of carbonyl (C=O) groups excluding carboxylic acids is 1. The van der Waals surface area contributed by atoms with Gasteiger partial charge < -0.3 is 11.1 Å². The Morgan fingerprint density at radius 1 is 1.56 bits per heavy atom. The van der Waals surface area contributed by atoms with Crippen molar-refractivity contribution in [3.8, 4) is 0 Å². The summed E-state index contributed by atoms with van der Waals surface area (Å²) in [5.41, 5.74) is 5.19. The zero-order valence-electron chi connectivity index (χ0n) is 10.4. The van der Waals surface area contributed by atoms with E-state index in [1.54, 1.807) is 0 Å². The molecule has 0 spiro atoms. The van der Waals surface area contributed by atoms with Gasteiger partial charge in [-0.25, -0.2) is 0 Å². The second kappa shape index (κ2) is 6.50. The summed E-state index contributed by atoms with van der Waals surface area (Å²) >= 11 is 1.95. The Labute approximate surface area is 103 Å². The number of likely N-dealkylation sites (N-methyl/N-ethyl adjacent to an activating group) is 1. The van der Waals surface area contributed by atoms with Crippen molar-refractivity contribution < 1.29 is 4.79 Å². The summed E-state index contributed by atoms with van der Waals surface area (Å²) in [6.07, 6.45) is 4.28. The van der Waals surface area contributed by atoms with E-state index < -0.39 is 5.54 Å². The van der Waals surface area contributed by atoms with Crippen molar-refractivity contribution in [2.45, 2.75) is 45.1 Å². The van der Waals surface area contributed by atoms with Gasteiger partial charge in [0.15, 0.2) is 0 Å². The van der Waals surface area contributed by atoms with Crippen LogP contribution in [-0.2, 0) is 4.79 Å². The highest BCUT2D eigenvalue weighted by molar-refractivity contribution is 7.99. The van der Waals surface area contributed by atoms with Crippen LogP contribution in [0.1, 0.15) is 39.5 Å². The van der Waals surface area contributed by atoms with E-state index in [0.29, 0.717) is 5.92 Å². The van der Waals surface area contributed by atoms with Crippen molar-refractivity contribution in [3.63, 3.8) is 0 Å². The molecule has 16 heavy (non-hydrogen) atoms. The molecule has 0 aromatic carbocycles. The Morgan fingerprint density at radius 3 is 2.88 bits per heavy atom. The molecule has 94 valence electrons. The maximum absolute atomic E-state index is 11.7. The minimum atomic E-state index is -0.414. The second-order valence-electron chi connectivity index (χ2n) is 4.44. The number of hydrogen-bond donors (Lipinski definition) is 2. The maximum atomic E-state index is 11.7. The van der Waals surface area contributed by atoms with Gasteiger partial charge in [0.25, 0.3) is 0 Å². The number of thioether (sulfide) groups is 1. The van der Waals surface area contributed by atoms with Crippen molar-refractivity contribution >= 4 is 17.7 Å². The average Bonchev–Trinajstić information content (AvgIpc) is 2.64. The smallest absolute Gasteiger partial charge is 0.238 e. The first-order valence-corrected chi connectivity index (χ1v) is 7.45. The molecular weight excluding hydrogens is 220 g/mol. The van der Waals surface area contributed by atoms with E-state index in [2.05, 4.69) is 12.2 Å². The largest absolute Gasteiger partial charge is 0.368 e. The highest BCUT2D eigenvalue weighted by Crippen LogP contribution is 2.38. The zero-order valence-corrected chi connectivity index (χ0v) is 11.2. The number of hydrogen-bond acceptors (Lipinski definition) is 3. The molecule has 1 aliphatic carbocycles. The number of amides is 1. The van der Waals surface area contributed by atoms with E-state index in [4.69, 9.17) is 5.73 Å². The molecule has 1 rings (SSSR count). The van der Waals surface area contributed by atoms with E-state index in [-0.39, 0.29) is 5.91 Å². The fraction of sp³-hybridized carbons (Fsp3) is 0.917. The monoisotopic (exact) mass is 244 g/mol. The Bertz CT molecular complexity index is 235. The summed E-state index contributed by atoms with van der Waals surface area (Å²) in [7, 11) is 0. The molecule has 0 aromatic heterocycles. The Hall–Kier alpha value is -0.220. The van der Waals surface area contributed by atoms with Gasteiger partial charge >= 0.3 is 0 Å². The molecule has 3 nitrogen and oxygen atoms in total. The standard InChI is InChI=1S/C12H24N2OS/c1-3-14-12(11(13)15)8-5-6-10(12)7-9-16-4-2/h10,14H,3-9H2,1-2H3,(H2,13,15). The molecule has 2 atom stereocenters. The Morgan fingerprint density at radius 2 is 2.31 bits per heavy atom. The highest BCUT2D eigenvalue weighted by Gasteiger charge is 2.46. The molecule has 1 fully saturated rings. The van der Waals surface area contributed by atoms with Gasteiger partial charge in [0.05, 0.1) is 0 Å². The van der Waals surface area contributed by atoms with Crippen molar-refractivity contribution in [2.75, 3.05) is 18.1 Å². The first kappa shape index (κ1) is 13.8. The predicted molar refractivity (Wildman–Crippen MR) is 70.6 cm³/mol. The molecule has 1 aliphatic rings. The van der Waals surface area contributed by atoms with E-state index in [9.17, 15) is 4.79 Å². The number of rotatable bonds is 7. The van der Waals surface area contributed by atoms with Gasteiger partial charge in [0.1, 0.15) is 5.54 Å². The Kier molecular flexibility index (Phi) is 5.62. The summed E-state index contributed by atoms with van der Waals surface area (Å²) in [6, 6.07) is 0. The molecular formula is C12H24N2OS. The molecule has 1 amide bonds. The van der Waals surface area contributed by atoms with Crippen LogP contribution in [0.25, 0.3) is 0 Å². The van der Waals surface area contributed by atoms with Crippen LogP contribution in [0.3, 0.4) is 0 Å². The van der Waals surface area contributed by atoms with Crippen molar-refractivity contribution in [1.29, 1.82) is 0 Å². The van der Waals surface area contributed by atoms with Gasteiger partial charge in [0.2, 0.25) is 5.91 Å². The molecule has 1 saturated carbocycles. The fourth-order valence-corrected chi connectivity index (χ4v) is 3.54. The zero-order chi connectivity index (χ0) is 12.0. The van der Waals surface area contributed by atoms with Crippen LogP contribution >= 0.6 is 11.8 Å². The Balaban J connectivity index is 2.62. The van der Waals surface area contributed by atoms with Gasteiger partial charge in [-0.05, 0) is 43.2 Å². The first-order valence-electron chi connectivity index (χ1n) is 6.30. The molecule has 0 radical (unpaired) electrons. The molecule has 2 unspecified atom stereocenters. The van der Waals surface area contributed by atoms with Crippen LogP contribution in [0, 0.1) is 5.92 Å². The van der Waals surface area contributed by atoms with Crippen LogP contribution in [-0.4, -0.2) is 29.5 Å². The van der Waals surface area contributed by atoms with Crippen LogP contribution in [0.5, 0.6) is 0 Å². The lowest BCUT2D eigenvalue weighted by atomic mass is 9.84. The summed E-state index contributed by atoms with van der Waals surface area (Å²) in [6.45, 7) is 5.03. The third kappa shape index (κ3) is 2.92. The highest BCUT2D eigenvalue weighted by atomic mass is 32.2. The summed E-state index contributed by atoms with van der Waals surface area (Å²) in [4.78, 5) is 11.7. The van der Waals surface area contributed by atoms with Gasteiger partial charge in [-0.2, -0.15) is 11.8 Å². The van der Waals surface area contributed by atoms with Crippen LogP contribution in [0.4, 0.5) is 0 Å². The number of primary amides is 1. The third-order valence-corrected chi connectivity index (χ3v) is 4.50. The van der Waals surface area contributed by atoms with E-state index >= 15 is 0 Å². The minimum absolute atomic E-state index is 0.154. The molecule has 0 heterocycles. The third-order valence-electron chi connectivity index (χ3n) is 3.57. The molecule has 0 aromatic rings. The van der Waals surface area contributed by atoms with Gasteiger partial charge in [-0.15, -0.1) is 0 Å². The average molecular weight is 244 g/mol. The lowest BCUT2D eigenvalue weighted by molar-refractivity contribution is -0.125. The molecule has 0 saturated heterocycles. The predicted octanol–water partition coefficient (Wildman–Crippen LogP) is 1.76. The van der Waals surface area contributed by atoms with Gasteiger partial charge in [0, 0.05) is 0 Å². The summed E-state index contributed by atoms with van der Waals surface area (Å²) in [5.74, 6) is 2.57. The van der Waals surface area contributed by atoms with Crippen LogP contribution < -0.4 is 11.1 Å². The molecule has 4 heteroatoms. The number of nitrogens with one attached hydrogen (secondary N) is 1. The fourth-order valence-electron chi connectivity index (χ4n) is 2.80. The van der Waals surface area contributed by atoms with E-state index in [1.165, 1.54) is 0 Å². The van der Waals surface area contributed by atoms with E-state index in [0.717, 1.165) is 43.7 Å². The summed E-state index contributed by atoms with van der Waals surface area (Å²) < 4.78 is 0. The lowest BCUT2D eigenvalue weighted by Crippen LogP contribution is -2.57. The summed E-state index contributed by atoms with van der Waals surface area (Å²) in [5, 5.41) is 3.35. The van der Waals surface area contributed by atoms with Gasteiger partial charge in [-0.3, -0.25) is 4.79 Å². The van der Waals surface area contributed by atoms with E-state index in [1.807, 2.05) is 18.7 Å². The maximum Gasteiger partial charge on any atom is 0.238 e. The second-order valence-corrected chi connectivity index (χ2v) is 5.83. The molecule has 3 N–H and O–H groups in total. The lowest BCUT2D eigenvalue weighted by Gasteiger charge is -2.33. The van der Waals surface area contributed by atoms with Crippen LogP contribution in [0.15, 0.2) is 0 Å². The van der Waals surface area contributed by atoms with Crippen LogP contribution in [0.2, 0.25) is 0 Å². The van der Waals surface area contributed by atoms with Crippen molar-refractivity contribution in [1.82, 2.24) is 5.32 Å². The topological polar surface area (TPSA) is 55.1 Å². The van der Waals surface area contributed by atoms with Gasteiger partial charge in [-0.1, -0.05) is 20.3 Å². The quantitative estimate of drug-likeness (QED) is 0.671. The first-order chi connectivity index (χ1) is 7.67. The molecule has 0 aliphatic heterocycles. The molecule has 0 bridgehead atoms. The number of nitrogens with two attached hydrogens (primary N) is 1. The van der Waals surface area contributed by atoms with Crippen molar-refractivity contribution in [3.05, 3.63) is 0 Å². The SMILES string of the molecule is CCNC1(C(N)=O)CCCC1CCSCC. The normalized spacial score (nSPS) is 29.5. The number of carbonyl (C=O) groups is 1. The van der Waals surface area contributed by atoms with Crippen molar-refractivity contribution in [2.24, 2.45) is 11.7 Å². The minimum Gasteiger partial charge on any atom is -0.368 e.